The predicted molar refractivity (Wildman–Crippen MR) is 77.5 cm³/mol. The van der Waals surface area contributed by atoms with Crippen molar-refractivity contribution in [1.29, 1.82) is 0 Å². The van der Waals surface area contributed by atoms with E-state index >= 15 is 0 Å². The van der Waals surface area contributed by atoms with Gasteiger partial charge in [-0.25, -0.2) is 0 Å². The molecule has 0 spiro atoms. The quantitative estimate of drug-likeness (QED) is 0.912. The highest BCUT2D eigenvalue weighted by atomic mass is 16.5. The van der Waals surface area contributed by atoms with Gasteiger partial charge in [-0.15, -0.1) is 0 Å². The summed E-state index contributed by atoms with van der Waals surface area (Å²) in [6.07, 6.45) is 4.09. The van der Waals surface area contributed by atoms with Crippen LogP contribution in [0.4, 0.5) is 5.69 Å². The molecule has 1 unspecified atom stereocenters. The highest BCUT2D eigenvalue weighted by Crippen LogP contribution is 2.69. The van der Waals surface area contributed by atoms with Crippen molar-refractivity contribution < 1.29 is 9.53 Å². The van der Waals surface area contributed by atoms with Crippen molar-refractivity contribution in [2.24, 2.45) is 29.6 Å². The van der Waals surface area contributed by atoms with E-state index in [-0.39, 0.29) is 11.8 Å². The zero-order valence-corrected chi connectivity index (χ0v) is 11.8. The second-order valence-electron chi connectivity index (χ2n) is 6.43. The van der Waals surface area contributed by atoms with Crippen LogP contribution in [0.1, 0.15) is 26.2 Å². The number of carbonyl (C=O) groups excluding carboxylic acids is 1. The van der Waals surface area contributed by atoms with Crippen molar-refractivity contribution in [3.63, 3.8) is 0 Å². The maximum Gasteiger partial charge on any atom is 0.228 e. The fourth-order valence-corrected chi connectivity index (χ4v) is 4.74. The second kappa shape index (κ2) is 4.51. The molecule has 0 heterocycles. The number of benzene rings is 1. The third kappa shape index (κ3) is 1.75. The summed E-state index contributed by atoms with van der Waals surface area (Å²) in [6, 6.07) is 7.72. The molecular formula is C17H21NO2. The first-order valence-electron chi connectivity index (χ1n) is 7.82. The SMILES string of the molecule is CCOc1ccccc1NC(=O)C1[C@@H]2[C@@H]3CC[C@@H](C3)[C@H]12. The van der Waals surface area contributed by atoms with Gasteiger partial charge in [-0.1, -0.05) is 12.1 Å². The van der Waals surface area contributed by atoms with Crippen LogP contribution in [0.25, 0.3) is 0 Å². The lowest BCUT2D eigenvalue weighted by atomic mass is 10.0. The Hall–Kier alpha value is -1.51. The zero-order chi connectivity index (χ0) is 13.7. The Morgan fingerprint density at radius 3 is 2.65 bits per heavy atom. The highest BCUT2D eigenvalue weighted by Gasteiger charge is 2.67. The van der Waals surface area contributed by atoms with Gasteiger partial charge in [0.05, 0.1) is 12.3 Å². The zero-order valence-electron chi connectivity index (χ0n) is 11.8. The van der Waals surface area contributed by atoms with E-state index in [1.807, 2.05) is 31.2 Å². The number of hydrogen-bond donors (Lipinski definition) is 1. The van der Waals surface area contributed by atoms with E-state index in [0.29, 0.717) is 18.4 Å². The fraction of sp³-hybridized carbons (Fsp3) is 0.588. The van der Waals surface area contributed by atoms with E-state index in [0.717, 1.165) is 23.3 Å². The minimum Gasteiger partial charge on any atom is -0.492 e. The molecule has 3 aliphatic rings. The van der Waals surface area contributed by atoms with Crippen LogP contribution in [-0.4, -0.2) is 12.5 Å². The Morgan fingerprint density at radius 2 is 1.95 bits per heavy atom. The Balaban J connectivity index is 1.47. The maximum absolute atomic E-state index is 12.5. The monoisotopic (exact) mass is 271 g/mol. The predicted octanol–water partition coefficient (Wildman–Crippen LogP) is 3.32. The van der Waals surface area contributed by atoms with Crippen LogP contribution in [0.3, 0.4) is 0 Å². The number of fused-ring (bicyclic) bond motifs is 5. The number of anilines is 1. The smallest absolute Gasteiger partial charge is 0.228 e. The molecule has 3 aliphatic carbocycles. The molecule has 1 N–H and O–H groups in total. The van der Waals surface area contributed by atoms with Gasteiger partial charge >= 0.3 is 0 Å². The summed E-state index contributed by atoms with van der Waals surface area (Å²) in [5, 5.41) is 3.09. The van der Waals surface area contributed by atoms with Gasteiger partial charge in [0.25, 0.3) is 0 Å². The molecule has 3 saturated carbocycles. The normalized spacial score (nSPS) is 36.5. The minimum atomic E-state index is 0.212. The largest absolute Gasteiger partial charge is 0.492 e. The second-order valence-corrected chi connectivity index (χ2v) is 6.43. The molecule has 3 nitrogen and oxygen atoms in total. The van der Waals surface area contributed by atoms with Gasteiger partial charge in [-0.05, 0) is 62.0 Å². The number of hydrogen-bond acceptors (Lipinski definition) is 2. The molecule has 0 aliphatic heterocycles. The summed E-state index contributed by atoms with van der Waals surface area (Å²) in [4.78, 5) is 12.5. The van der Waals surface area contributed by atoms with E-state index in [1.54, 1.807) is 0 Å². The number of nitrogens with one attached hydrogen (secondary N) is 1. The van der Waals surface area contributed by atoms with Gasteiger partial charge in [0, 0.05) is 5.92 Å². The molecule has 0 saturated heterocycles. The third-order valence-electron chi connectivity index (χ3n) is 5.48. The number of rotatable bonds is 4. The Bertz CT molecular complexity index is 526. The lowest BCUT2D eigenvalue weighted by Crippen LogP contribution is -2.19. The van der Waals surface area contributed by atoms with Crippen molar-refractivity contribution in [2.45, 2.75) is 26.2 Å². The topological polar surface area (TPSA) is 38.3 Å². The molecule has 3 fully saturated rings. The Morgan fingerprint density at radius 1 is 1.25 bits per heavy atom. The molecule has 4 rings (SSSR count). The molecule has 1 aromatic carbocycles. The van der Waals surface area contributed by atoms with Crippen LogP contribution in [0.15, 0.2) is 24.3 Å². The van der Waals surface area contributed by atoms with Crippen LogP contribution in [-0.2, 0) is 4.79 Å². The number of carbonyl (C=O) groups is 1. The van der Waals surface area contributed by atoms with Crippen molar-refractivity contribution in [3.05, 3.63) is 24.3 Å². The molecule has 1 amide bonds. The van der Waals surface area contributed by atoms with E-state index in [9.17, 15) is 4.79 Å². The third-order valence-corrected chi connectivity index (χ3v) is 5.48. The summed E-state index contributed by atoms with van der Waals surface area (Å²) in [6.45, 7) is 2.58. The number of ether oxygens (including phenoxy) is 1. The first-order chi connectivity index (χ1) is 9.79. The summed E-state index contributed by atoms with van der Waals surface area (Å²) in [7, 11) is 0. The standard InChI is InChI=1S/C17H21NO2/c1-2-20-13-6-4-3-5-12(13)18-17(19)16-14-10-7-8-11(9-10)15(14)16/h3-6,10-11,14-16H,2,7-9H2,1H3,(H,18,19)/t10-,11+,14-,15+,16?. The highest BCUT2D eigenvalue weighted by molar-refractivity contribution is 5.96. The molecule has 2 bridgehead atoms. The van der Waals surface area contributed by atoms with Crippen LogP contribution in [0, 0.1) is 29.6 Å². The van der Waals surface area contributed by atoms with Crippen molar-refractivity contribution in [2.75, 3.05) is 11.9 Å². The van der Waals surface area contributed by atoms with Crippen LogP contribution >= 0.6 is 0 Å². The maximum atomic E-state index is 12.5. The van der Waals surface area contributed by atoms with Crippen molar-refractivity contribution in [3.8, 4) is 5.75 Å². The van der Waals surface area contributed by atoms with E-state index in [4.69, 9.17) is 4.74 Å². The summed E-state index contributed by atoms with van der Waals surface area (Å²) < 4.78 is 5.57. The molecule has 5 atom stereocenters. The lowest BCUT2D eigenvalue weighted by Gasteiger charge is -2.13. The summed E-state index contributed by atoms with van der Waals surface area (Å²) in [5.41, 5.74) is 0.816. The van der Waals surface area contributed by atoms with Crippen LogP contribution < -0.4 is 10.1 Å². The molecule has 20 heavy (non-hydrogen) atoms. The van der Waals surface area contributed by atoms with Gasteiger partial charge in [-0.3, -0.25) is 4.79 Å². The van der Waals surface area contributed by atoms with Crippen LogP contribution in [0.2, 0.25) is 0 Å². The van der Waals surface area contributed by atoms with Crippen molar-refractivity contribution >= 4 is 11.6 Å². The van der Waals surface area contributed by atoms with Gasteiger partial charge in [0.15, 0.2) is 0 Å². The number of para-hydroxylation sites is 2. The minimum absolute atomic E-state index is 0.212. The summed E-state index contributed by atoms with van der Waals surface area (Å²) in [5.74, 6) is 4.31. The average molecular weight is 271 g/mol. The van der Waals surface area contributed by atoms with E-state index < -0.39 is 0 Å². The molecule has 0 radical (unpaired) electrons. The lowest BCUT2D eigenvalue weighted by molar-refractivity contribution is -0.118. The Kier molecular flexibility index (Phi) is 2.76. The molecule has 0 aromatic heterocycles. The Labute approximate surface area is 119 Å². The molecular weight excluding hydrogens is 250 g/mol. The average Bonchev–Trinajstić information content (AvgIpc) is 2.90. The van der Waals surface area contributed by atoms with Gasteiger partial charge in [0.2, 0.25) is 5.91 Å². The number of amides is 1. The first kappa shape index (κ1) is 12.2. The molecule has 106 valence electrons. The van der Waals surface area contributed by atoms with E-state index in [2.05, 4.69) is 5.32 Å². The van der Waals surface area contributed by atoms with Gasteiger partial charge < -0.3 is 10.1 Å². The first-order valence-corrected chi connectivity index (χ1v) is 7.82. The fourth-order valence-electron chi connectivity index (χ4n) is 4.74. The van der Waals surface area contributed by atoms with Gasteiger partial charge in [0.1, 0.15) is 5.75 Å². The molecule has 3 heteroatoms. The van der Waals surface area contributed by atoms with E-state index in [1.165, 1.54) is 19.3 Å². The van der Waals surface area contributed by atoms with Gasteiger partial charge in [-0.2, -0.15) is 0 Å². The van der Waals surface area contributed by atoms with Crippen molar-refractivity contribution in [1.82, 2.24) is 0 Å². The van der Waals surface area contributed by atoms with Crippen LogP contribution in [0.5, 0.6) is 5.75 Å². The molecule has 1 aromatic rings. The summed E-state index contributed by atoms with van der Waals surface area (Å²) >= 11 is 0.